The molecule has 3 heteroatoms. The summed E-state index contributed by atoms with van der Waals surface area (Å²) in [4.78, 5) is 0. The number of hydrogen-bond acceptors (Lipinski definition) is 0. The van der Waals surface area contributed by atoms with Gasteiger partial charge in [-0.2, -0.15) is 0 Å². The SMILES string of the molecule is Cc1ccccc1.[Br-].[Br-].[Ru+2]. The maximum absolute atomic E-state index is 2.08. The predicted octanol–water partition coefficient (Wildman–Crippen LogP) is -4.00. The van der Waals surface area contributed by atoms with Crippen LogP contribution < -0.4 is 34.0 Å². The van der Waals surface area contributed by atoms with Crippen LogP contribution in [0.15, 0.2) is 30.3 Å². The van der Waals surface area contributed by atoms with E-state index in [0.717, 1.165) is 0 Å². The molecule has 1 aromatic rings. The van der Waals surface area contributed by atoms with Crippen LogP contribution in [0.5, 0.6) is 0 Å². The van der Waals surface area contributed by atoms with Gasteiger partial charge < -0.3 is 34.0 Å². The topological polar surface area (TPSA) is 0 Å². The summed E-state index contributed by atoms with van der Waals surface area (Å²) in [5.74, 6) is 0. The van der Waals surface area contributed by atoms with Crippen molar-refractivity contribution >= 4 is 0 Å². The van der Waals surface area contributed by atoms with Gasteiger partial charge in [0, 0.05) is 0 Å². The number of rotatable bonds is 0. The molecule has 0 N–H and O–H groups in total. The summed E-state index contributed by atoms with van der Waals surface area (Å²) in [6, 6.07) is 10.3. The minimum atomic E-state index is 0. The average molecular weight is 353 g/mol. The normalized spacial score (nSPS) is 6.10. The van der Waals surface area contributed by atoms with Gasteiger partial charge >= 0.3 is 19.5 Å². The Balaban J connectivity index is -0.000000163. The molecule has 0 atom stereocenters. The van der Waals surface area contributed by atoms with E-state index in [-0.39, 0.29) is 53.4 Å². The molecule has 58 valence electrons. The van der Waals surface area contributed by atoms with Crippen molar-refractivity contribution in [1.82, 2.24) is 0 Å². The second-order valence-electron chi connectivity index (χ2n) is 1.65. The van der Waals surface area contributed by atoms with Gasteiger partial charge in [-0.1, -0.05) is 35.9 Å². The molecule has 0 nitrogen and oxygen atoms in total. The van der Waals surface area contributed by atoms with Gasteiger partial charge in [-0.3, -0.25) is 0 Å². The molecule has 0 saturated heterocycles. The zero-order valence-corrected chi connectivity index (χ0v) is 10.4. The molecule has 0 aromatic heterocycles. The standard InChI is InChI=1S/C7H8.2BrH.Ru/c1-7-5-3-2-4-6-7;;;/h2-6H,1H3;2*1H;/q;;;+2/p-2. The zero-order chi connectivity index (χ0) is 5.11. The molecule has 0 spiro atoms. The monoisotopic (exact) mass is 352 g/mol. The van der Waals surface area contributed by atoms with Crippen molar-refractivity contribution in [2.24, 2.45) is 0 Å². The summed E-state index contributed by atoms with van der Waals surface area (Å²) in [7, 11) is 0. The Hall–Kier alpha value is 0.803. The summed E-state index contributed by atoms with van der Waals surface area (Å²) in [5, 5.41) is 0. The number of halogens is 2. The number of benzene rings is 1. The Morgan fingerprint density at radius 3 is 1.50 bits per heavy atom. The van der Waals surface area contributed by atoms with Gasteiger partial charge in [-0.15, -0.1) is 0 Å². The third-order valence-corrected chi connectivity index (χ3v) is 0.940. The van der Waals surface area contributed by atoms with Crippen LogP contribution in [0.2, 0.25) is 0 Å². The van der Waals surface area contributed by atoms with E-state index in [1.54, 1.807) is 0 Å². The van der Waals surface area contributed by atoms with Crippen LogP contribution in [0, 0.1) is 6.92 Å². The van der Waals surface area contributed by atoms with Crippen LogP contribution in [-0.4, -0.2) is 0 Å². The minimum absolute atomic E-state index is 0. The van der Waals surface area contributed by atoms with E-state index in [2.05, 4.69) is 19.1 Å². The van der Waals surface area contributed by atoms with Gasteiger partial charge in [0.2, 0.25) is 0 Å². The van der Waals surface area contributed by atoms with E-state index in [0.29, 0.717) is 0 Å². The average Bonchev–Trinajstić information content (AvgIpc) is 1.69. The Kier molecular flexibility index (Phi) is 16.7. The van der Waals surface area contributed by atoms with Crippen molar-refractivity contribution in [1.29, 1.82) is 0 Å². The largest absolute Gasteiger partial charge is 2.00 e. The van der Waals surface area contributed by atoms with E-state index in [4.69, 9.17) is 0 Å². The summed E-state index contributed by atoms with van der Waals surface area (Å²) >= 11 is 0. The Labute approximate surface area is 95.7 Å². The summed E-state index contributed by atoms with van der Waals surface area (Å²) < 4.78 is 0. The third-order valence-electron chi connectivity index (χ3n) is 0.940. The van der Waals surface area contributed by atoms with Crippen LogP contribution in [0.25, 0.3) is 0 Å². The van der Waals surface area contributed by atoms with Crippen LogP contribution in [0.4, 0.5) is 0 Å². The fourth-order valence-electron chi connectivity index (χ4n) is 0.534. The second kappa shape index (κ2) is 9.80. The molecule has 0 aliphatic carbocycles. The summed E-state index contributed by atoms with van der Waals surface area (Å²) in [5.41, 5.74) is 1.32. The van der Waals surface area contributed by atoms with Crippen molar-refractivity contribution < 1.29 is 53.4 Å². The first kappa shape index (κ1) is 17.1. The smallest absolute Gasteiger partial charge is 1.00 e. The molecule has 0 radical (unpaired) electrons. The maximum Gasteiger partial charge on any atom is 2.00 e. The van der Waals surface area contributed by atoms with Crippen LogP contribution in [0.3, 0.4) is 0 Å². The van der Waals surface area contributed by atoms with Crippen molar-refractivity contribution in [3.8, 4) is 0 Å². The molecule has 0 aliphatic heterocycles. The van der Waals surface area contributed by atoms with Crippen LogP contribution in [-0.2, 0) is 19.5 Å². The summed E-state index contributed by atoms with van der Waals surface area (Å²) in [6.45, 7) is 2.08. The molecule has 0 aliphatic rings. The van der Waals surface area contributed by atoms with E-state index in [1.165, 1.54) is 5.56 Å². The fourth-order valence-corrected chi connectivity index (χ4v) is 0.534. The minimum Gasteiger partial charge on any atom is -1.00 e. The zero-order valence-electron chi connectivity index (χ0n) is 5.50. The molecule has 0 unspecified atom stereocenters. The van der Waals surface area contributed by atoms with Crippen molar-refractivity contribution in [3.63, 3.8) is 0 Å². The molecule has 0 saturated carbocycles. The van der Waals surface area contributed by atoms with Crippen LogP contribution in [0.1, 0.15) is 5.56 Å². The first-order chi connectivity index (χ1) is 3.39. The van der Waals surface area contributed by atoms with E-state index in [1.807, 2.05) is 18.2 Å². The summed E-state index contributed by atoms with van der Waals surface area (Å²) in [6.07, 6.45) is 0. The number of aryl methyl sites for hydroxylation is 1. The predicted molar refractivity (Wildman–Crippen MR) is 31.2 cm³/mol. The van der Waals surface area contributed by atoms with Crippen molar-refractivity contribution in [3.05, 3.63) is 35.9 Å². The van der Waals surface area contributed by atoms with Gasteiger partial charge in [0.15, 0.2) is 0 Å². The molecule has 1 rings (SSSR count). The third kappa shape index (κ3) is 6.92. The van der Waals surface area contributed by atoms with E-state index >= 15 is 0 Å². The van der Waals surface area contributed by atoms with Gasteiger partial charge in [0.05, 0.1) is 0 Å². The Morgan fingerprint density at radius 2 is 1.30 bits per heavy atom. The van der Waals surface area contributed by atoms with Gasteiger partial charge in [0.1, 0.15) is 0 Å². The molecule has 0 fully saturated rings. The van der Waals surface area contributed by atoms with Gasteiger partial charge in [-0.25, -0.2) is 0 Å². The molecule has 1 aromatic carbocycles. The first-order valence-corrected chi connectivity index (χ1v) is 2.41. The quantitative estimate of drug-likeness (QED) is 0.418. The van der Waals surface area contributed by atoms with Gasteiger partial charge in [0.25, 0.3) is 0 Å². The Morgan fingerprint density at radius 1 is 0.900 bits per heavy atom. The van der Waals surface area contributed by atoms with E-state index < -0.39 is 0 Å². The van der Waals surface area contributed by atoms with Crippen molar-refractivity contribution in [2.75, 3.05) is 0 Å². The molecule has 0 amide bonds. The van der Waals surface area contributed by atoms with Crippen LogP contribution >= 0.6 is 0 Å². The molecular formula is C7H8Br2Ru. The molecule has 0 heterocycles. The molecular weight excluding hydrogens is 345 g/mol. The maximum atomic E-state index is 2.08. The fraction of sp³-hybridized carbons (Fsp3) is 0.143. The Bertz CT molecular complexity index is 142. The first-order valence-electron chi connectivity index (χ1n) is 2.41. The van der Waals surface area contributed by atoms with E-state index in [9.17, 15) is 0 Å². The molecule has 10 heavy (non-hydrogen) atoms. The molecule has 0 bridgehead atoms. The second-order valence-corrected chi connectivity index (χ2v) is 1.65. The number of hydrogen-bond donors (Lipinski definition) is 0. The van der Waals surface area contributed by atoms with Crippen molar-refractivity contribution in [2.45, 2.75) is 6.92 Å². The van der Waals surface area contributed by atoms with Gasteiger partial charge in [-0.05, 0) is 6.92 Å².